The van der Waals surface area contributed by atoms with Crippen molar-refractivity contribution >= 4 is 11.8 Å². The second-order valence-corrected chi connectivity index (χ2v) is 30.6. The molecule has 6 aliphatic heterocycles. The highest BCUT2D eigenvalue weighted by atomic mass is 16.8. The van der Waals surface area contributed by atoms with Crippen LogP contribution < -0.4 is 10.6 Å². The molecule has 34 heteroatoms. The van der Waals surface area contributed by atoms with Gasteiger partial charge in [-0.25, -0.2) is 0 Å². The van der Waals surface area contributed by atoms with Gasteiger partial charge in [0.05, 0.1) is 57.9 Å². The number of unbranched alkanes of at least 4 members (excludes halogenated alkanes) is 27. The molecule has 6 rings (SSSR count). The maximum atomic E-state index is 13.5. The van der Waals surface area contributed by atoms with E-state index in [0.717, 1.165) is 58.3 Å². The monoisotopic (exact) mass is 1590 g/mol. The van der Waals surface area contributed by atoms with Gasteiger partial charge in [-0.2, -0.15) is 0 Å². The molecule has 0 radical (unpaired) electrons. The van der Waals surface area contributed by atoms with Crippen molar-refractivity contribution in [2.45, 2.75) is 417 Å². The number of allylic oxidation sites excluding steroid dienone is 1. The molecule has 0 saturated carbocycles. The van der Waals surface area contributed by atoms with Crippen LogP contribution in [0.1, 0.15) is 220 Å². The molecule has 110 heavy (non-hydrogen) atoms. The van der Waals surface area contributed by atoms with Gasteiger partial charge < -0.3 is 159 Å². The summed E-state index contributed by atoms with van der Waals surface area (Å²) in [5, 5.41) is 205. The molecule has 6 aliphatic rings. The molecule has 0 aromatic heterocycles. The van der Waals surface area contributed by atoms with Gasteiger partial charge in [0.1, 0.15) is 140 Å². The Morgan fingerprint density at radius 2 is 0.727 bits per heavy atom. The Kier molecular flexibility index (Phi) is 45.2. The Balaban J connectivity index is 1.11. The summed E-state index contributed by atoms with van der Waals surface area (Å²) >= 11 is 0. The molecule has 0 aromatic carbocycles. The van der Waals surface area contributed by atoms with E-state index in [-0.39, 0.29) is 12.3 Å². The van der Waals surface area contributed by atoms with Gasteiger partial charge >= 0.3 is 0 Å². The molecule has 34 nitrogen and oxygen atoms in total. The van der Waals surface area contributed by atoms with Gasteiger partial charge in [-0.05, 0) is 26.2 Å². The third kappa shape index (κ3) is 29.2. The average Bonchev–Trinajstić information content (AvgIpc) is 0.769. The molecule has 0 bridgehead atoms. The zero-order chi connectivity index (χ0) is 80.4. The smallest absolute Gasteiger partial charge is 0.220 e. The van der Waals surface area contributed by atoms with E-state index in [4.69, 9.17) is 56.8 Å². The highest BCUT2D eigenvalue weighted by Crippen LogP contribution is 2.39. The molecule has 6 fully saturated rings. The van der Waals surface area contributed by atoms with Crippen LogP contribution in [0.5, 0.6) is 0 Å². The summed E-state index contributed by atoms with van der Waals surface area (Å²) in [5.41, 5.74) is 0. The van der Waals surface area contributed by atoms with Crippen LogP contribution in [0.4, 0.5) is 0 Å². The first kappa shape index (κ1) is 96.3. The first-order valence-electron chi connectivity index (χ1n) is 40.8. The van der Waals surface area contributed by atoms with Gasteiger partial charge in [0.25, 0.3) is 0 Å². The maximum absolute atomic E-state index is 13.5. The largest absolute Gasteiger partial charge is 0.394 e. The number of carbonyl (C=O) groups excluding carboxylic acids is 2. The van der Waals surface area contributed by atoms with Crippen LogP contribution in [0.2, 0.25) is 0 Å². The maximum Gasteiger partial charge on any atom is 0.220 e. The highest BCUT2D eigenvalue weighted by Gasteiger charge is 2.59. The fourth-order valence-corrected chi connectivity index (χ4v) is 15.0. The van der Waals surface area contributed by atoms with Crippen LogP contribution >= 0.6 is 0 Å². The van der Waals surface area contributed by atoms with E-state index < -0.39 is 242 Å². The number of carbonyl (C=O) groups is 2. The fraction of sp³-hybridized carbons (Fsp3) is 0.947. The number of aliphatic hydroxyl groups is 18. The molecule has 2 amide bonds. The van der Waals surface area contributed by atoms with E-state index >= 15 is 0 Å². The van der Waals surface area contributed by atoms with Crippen LogP contribution in [-0.2, 0) is 66.4 Å². The third-order valence-electron chi connectivity index (χ3n) is 21.8. The molecule has 12 unspecified atom stereocenters. The highest BCUT2D eigenvalue weighted by molar-refractivity contribution is 5.76. The van der Waals surface area contributed by atoms with E-state index in [1.165, 1.54) is 129 Å². The molecule has 0 spiro atoms. The SMILES string of the molecule is CCCCCCCCCCCCC/C=C/[C@@H](O)[C@H](CO[C@@H]1OC(CO)[C@@H](O[C@@H]2OC(CO)[C@H](O[C@@H]3OC(CO)[C@H](O)[C@H](O[C@@H]4OC(CO)[C@H](O)[C@H](O[C@H]5OC(CO)[C@H](O)[C@H](O)C5O)C4O[C@H]4OC(C)[C@@H](O)C(O)[C@@H]4O)C3NC(C)=O)[C@H](O)C2O)[C@H](O)C1O)NC(=O)CCCCCCCCCCCCCCCCCCC. The van der Waals surface area contributed by atoms with Crippen LogP contribution in [0, 0.1) is 0 Å². The molecule has 0 aliphatic carbocycles. The first-order valence-corrected chi connectivity index (χ1v) is 40.8. The zero-order valence-corrected chi connectivity index (χ0v) is 64.9. The van der Waals surface area contributed by atoms with E-state index in [0.29, 0.717) is 12.8 Å². The summed E-state index contributed by atoms with van der Waals surface area (Å²) in [7, 11) is 0. The number of hydrogen-bond donors (Lipinski definition) is 20. The van der Waals surface area contributed by atoms with Crippen molar-refractivity contribution in [2.75, 3.05) is 39.6 Å². The van der Waals surface area contributed by atoms with Gasteiger partial charge in [-0.3, -0.25) is 9.59 Å². The van der Waals surface area contributed by atoms with Gasteiger partial charge in [0, 0.05) is 13.3 Å². The minimum absolute atomic E-state index is 0.181. The predicted molar refractivity (Wildman–Crippen MR) is 390 cm³/mol. The topological polar surface area (TPSA) is 533 Å². The molecule has 6 heterocycles. The molecule has 644 valence electrons. The van der Waals surface area contributed by atoms with Gasteiger partial charge in [0.2, 0.25) is 11.8 Å². The van der Waals surface area contributed by atoms with Crippen molar-refractivity contribution in [3.63, 3.8) is 0 Å². The fourth-order valence-electron chi connectivity index (χ4n) is 15.0. The molecule has 6 saturated heterocycles. The summed E-state index contributed by atoms with van der Waals surface area (Å²) in [4.78, 5) is 26.7. The third-order valence-corrected chi connectivity index (χ3v) is 21.8. The second-order valence-electron chi connectivity index (χ2n) is 30.6. The number of hydrogen-bond acceptors (Lipinski definition) is 32. The second kappa shape index (κ2) is 51.6. The Hall–Kier alpha value is -2.52. The van der Waals surface area contributed by atoms with Crippen LogP contribution in [0.25, 0.3) is 0 Å². The van der Waals surface area contributed by atoms with Crippen LogP contribution in [-0.4, -0.2) is 340 Å². The molecule has 32 atom stereocenters. The lowest BCUT2D eigenvalue weighted by Crippen LogP contribution is -2.71. The summed E-state index contributed by atoms with van der Waals surface area (Å²) in [5.74, 6) is -1.22. The summed E-state index contributed by atoms with van der Waals surface area (Å²) in [6, 6.07) is -2.92. The Morgan fingerprint density at radius 3 is 1.21 bits per heavy atom. The van der Waals surface area contributed by atoms with Crippen LogP contribution in [0.15, 0.2) is 12.2 Å². The summed E-state index contributed by atoms with van der Waals surface area (Å²) in [6.45, 7) is 1.27. The standard InChI is InChI=1S/C76H138N2O32/c1-5-7-9-11-13-15-17-19-20-21-22-24-26-28-30-32-34-36-52(86)78-45(46(85)35-33-31-29-27-25-23-18-16-14-12-10-8-6-2)42-99-72-64(97)60(93)67(50(40-82)104-72)107-75-65(98)61(94)66(51(41-83)105-75)106-71-53(77-44(4)84)68(56(89)48(38-80)101-71)108-76-70(110-73-62(95)58(91)54(87)43(3)100-73)69(57(90)49(39-81)103-76)109-74-63(96)59(92)55(88)47(37-79)102-74/h33,35,43,45-51,53-76,79-83,85,87-98H,5-32,34,36-42H2,1-4H3,(H,77,84)(H,78,86)/b35-33+/t43?,45-,46+,47?,48?,49?,50?,51?,53?,54+,55-,56-,57-,58?,59-,60+,61+,62-,63?,64?,65?,66-,67+,68+,69-,70?,71-,72+,73+,74+,75-,76-/m0/s1. The van der Waals surface area contributed by atoms with Crippen molar-refractivity contribution < 1.29 is 158 Å². The minimum atomic E-state index is -2.22. The lowest BCUT2D eigenvalue weighted by atomic mass is 9.94. The number of nitrogens with one attached hydrogen (secondary N) is 2. The van der Waals surface area contributed by atoms with Gasteiger partial charge in [-0.15, -0.1) is 0 Å². The Labute approximate surface area is 646 Å². The van der Waals surface area contributed by atoms with E-state index in [2.05, 4.69) is 24.5 Å². The zero-order valence-electron chi connectivity index (χ0n) is 64.9. The van der Waals surface area contributed by atoms with E-state index in [1.807, 2.05) is 6.08 Å². The van der Waals surface area contributed by atoms with Crippen molar-refractivity contribution in [2.24, 2.45) is 0 Å². The molecule has 0 aromatic rings. The summed E-state index contributed by atoms with van der Waals surface area (Å²) in [6.07, 6.45) is -19.9. The van der Waals surface area contributed by atoms with E-state index in [1.54, 1.807) is 6.08 Å². The van der Waals surface area contributed by atoms with Crippen molar-refractivity contribution in [3.05, 3.63) is 12.2 Å². The van der Waals surface area contributed by atoms with Crippen molar-refractivity contribution in [1.82, 2.24) is 10.6 Å². The average molecular weight is 1590 g/mol. The van der Waals surface area contributed by atoms with E-state index in [9.17, 15) is 102 Å². The normalized spacial score (nSPS) is 37.7. The van der Waals surface area contributed by atoms with Crippen molar-refractivity contribution in [3.8, 4) is 0 Å². The molecular formula is C76H138N2O32. The van der Waals surface area contributed by atoms with Crippen LogP contribution in [0.3, 0.4) is 0 Å². The Bertz CT molecular complexity index is 2490. The predicted octanol–water partition coefficient (Wildman–Crippen LogP) is -0.760. The lowest BCUT2D eigenvalue weighted by molar-refractivity contribution is -0.404. The summed E-state index contributed by atoms with van der Waals surface area (Å²) < 4.78 is 71.7. The number of ether oxygens (including phenoxy) is 12. The van der Waals surface area contributed by atoms with Gasteiger partial charge in [0.15, 0.2) is 37.7 Å². The van der Waals surface area contributed by atoms with Crippen molar-refractivity contribution in [1.29, 1.82) is 0 Å². The lowest BCUT2D eigenvalue weighted by Gasteiger charge is -2.51. The number of aliphatic hydroxyl groups excluding tert-OH is 18. The Morgan fingerprint density at radius 1 is 0.373 bits per heavy atom. The number of amides is 2. The molecular weight excluding hydrogens is 1450 g/mol. The number of rotatable bonds is 52. The first-order chi connectivity index (χ1) is 52.9. The quantitative estimate of drug-likeness (QED) is 0.0263. The van der Waals surface area contributed by atoms with Gasteiger partial charge in [-0.1, -0.05) is 193 Å². The molecule has 20 N–H and O–H groups in total. The minimum Gasteiger partial charge on any atom is -0.394 e.